The van der Waals surface area contributed by atoms with E-state index in [-0.39, 0.29) is 28.1 Å². The molecule has 0 unspecified atom stereocenters. The first-order valence-electron chi connectivity index (χ1n) is 6.37. The average Bonchev–Trinajstić information content (AvgIpc) is 2.71. The molecule has 1 aliphatic carbocycles. The van der Waals surface area contributed by atoms with E-state index in [4.69, 9.17) is 0 Å². The van der Waals surface area contributed by atoms with E-state index in [1.54, 1.807) is 0 Å². The third-order valence-corrected chi connectivity index (χ3v) is 4.76. The molecule has 0 bridgehead atoms. The number of nitro groups is 1. The summed E-state index contributed by atoms with van der Waals surface area (Å²) in [6.07, 6.45) is 0. The van der Waals surface area contributed by atoms with E-state index < -0.39 is 10.9 Å². The summed E-state index contributed by atoms with van der Waals surface area (Å²) in [7, 11) is 0. The molecular weight excluding hydrogens is 260 g/mol. The number of hydrogen-bond donors (Lipinski definition) is 2. The van der Waals surface area contributed by atoms with Crippen LogP contribution in [0, 0.1) is 20.9 Å². The van der Waals surface area contributed by atoms with Gasteiger partial charge in [0.15, 0.2) is 0 Å². The molecule has 0 saturated heterocycles. The number of aromatic carboxylic acids is 1. The van der Waals surface area contributed by atoms with Crippen molar-refractivity contribution in [3.05, 3.63) is 33.9 Å². The highest BCUT2D eigenvalue weighted by atomic mass is 16.6. The number of carbonyl (C=O) groups is 1. The molecule has 1 aromatic carbocycles. The zero-order valence-electron chi connectivity index (χ0n) is 11.9. The Morgan fingerprint density at radius 1 is 1.30 bits per heavy atom. The molecule has 1 aliphatic rings. The average molecular weight is 278 g/mol. The van der Waals surface area contributed by atoms with E-state index in [0.717, 1.165) is 6.07 Å². The van der Waals surface area contributed by atoms with Crippen LogP contribution >= 0.6 is 0 Å². The Morgan fingerprint density at radius 2 is 1.85 bits per heavy atom. The van der Waals surface area contributed by atoms with E-state index in [1.807, 2.05) is 0 Å². The third kappa shape index (κ3) is 2.01. The fraction of sp³-hybridized carbons (Fsp3) is 0.500. The number of rotatable bonds is 4. The maximum Gasteiger partial charge on any atom is 0.338 e. The Morgan fingerprint density at radius 3 is 2.25 bits per heavy atom. The van der Waals surface area contributed by atoms with Crippen LogP contribution in [-0.4, -0.2) is 22.0 Å². The van der Waals surface area contributed by atoms with Crippen LogP contribution in [0.5, 0.6) is 0 Å². The number of nitro benzene ring substituents is 1. The van der Waals surface area contributed by atoms with Crippen molar-refractivity contribution in [2.45, 2.75) is 33.7 Å². The Hall–Kier alpha value is -2.11. The fourth-order valence-electron chi connectivity index (χ4n) is 2.66. The molecule has 0 aromatic heterocycles. The van der Waals surface area contributed by atoms with Gasteiger partial charge in [0.25, 0.3) is 5.69 Å². The second-order valence-corrected chi connectivity index (χ2v) is 6.31. The number of hydrogen-bond acceptors (Lipinski definition) is 4. The first-order valence-corrected chi connectivity index (χ1v) is 6.37. The lowest BCUT2D eigenvalue weighted by Crippen LogP contribution is -2.13. The van der Waals surface area contributed by atoms with Gasteiger partial charge in [-0.25, -0.2) is 4.79 Å². The normalized spacial score (nSPS) is 19.4. The summed E-state index contributed by atoms with van der Waals surface area (Å²) in [4.78, 5) is 21.4. The number of anilines is 1. The topological polar surface area (TPSA) is 92.5 Å². The minimum atomic E-state index is -1.17. The maximum absolute atomic E-state index is 11.3. The lowest BCUT2D eigenvalue weighted by atomic mass is 10.0. The summed E-state index contributed by atoms with van der Waals surface area (Å²) in [6.45, 7) is 8.43. The van der Waals surface area contributed by atoms with Gasteiger partial charge in [0.2, 0.25) is 0 Å². The number of carboxylic acids is 1. The Kier molecular flexibility index (Phi) is 3.00. The second kappa shape index (κ2) is 4.19. The molecule has 0 heterocycles. The Labute approximate surface area is 117 Å². The van der Waals surface area contributed by atoms with Crippen molar-refractivity contribution < 1.29 is 14.8 Å². The van der Waals surface area contributed by atoms with Gasteiger partial charge in [0, 0.05) is 23.9 Å². The van der Waals surface area contributed by atoms with Gasteiger partial charge in [-0.1, -0.05) is 27.7 Å². The predicted molar refractivity (Wildman–Crippen MR) is 75.0 cm³/mol. The number of nitrogens with zero attached hydrogens (tertiary/aromatic N) is 1. The van der Waals surface area contributed by atoms with Crippen molar-refractivity contribution in [1.82, 2.24) is 0 Å². The molecule has 20 heavy (non-hydrogen) atoms. The van der Waals surface area contributed by atoms with Gasteiger partial charge in [-0.05, 0) is 16.9 Å². The van der Waals surface area contributed by atoms with Crippen LogP contribution in [0.15, 0.2) is 18.2 Å². The highest BCUT2D eigenvalue weighted by Crippen LogP contribution is 2.63. The van der Waals surface area contributed by atoms with Gasteiger partial charge in [-0.2, -0.15) is 0 Å². The smallest absolute Gasteiger partial charge is 0.338 e. The third-order valence-electron chi connectivity index (χ3n) is 4.76. The fourth-order valence-corrected chi connectivity index (χ4v) is 2.66. The Bertz CT molecular complexity index is 579. The van der Waals surface area contributed by atoms with E-state index >= 15 is 0 Å². The molecule has 1 aromatic rings. The highest BCUT2D eigenvalue weighted by molar-refractivity contribution is 5.95. The van der Waals surface area contributed by atoms with E-state index in [1.165, 1.54) is 12.1 Å². The molecule has 6 heteroatoms. The SMILES string of the molecule is CC1(C)C(Nc2ccc([N+](=O)[O-])cc2C(=O)O)C1(C)C. The lowest BCUT2D eigenvalue weighted by Gasteiger charge is -2.11. The lowest BCUT2D eigenvalue weighted by molar-refractivity contribution is -0.384. The molecule has 0 amide bonds. The quantitative estimate of drug-likeness (QED) is 0.652. The molecular formula is C14H18N2O4. The minimum absolute atomic E-state index is 0.0462. The van der Waals surface area contributed by atoms with Gasteiger partial charge in [-0.3, -0.25) is 10.1 Å². The second-order valence-electron chi connectivity index (χ2n) is 6.31. The number of benzene rings is 1. The monoisotopic (exact) mass is 278 g/mol. The van der Waals surface area contributed by atoms with E-state index in [0.29, 0.717) is 5.69 Å². The first-order chi connectivity index (χ1) is 9.09. The zero-order valence-corrected chi connectivity index (χ0v) is 11.9. The van der Waals surface area contributed by atoms with Crippen LogP contribution in [0.4, 0.5) is 11.4 Å². The summed E-state index contributed by atoms with van der Waals surface area (Å²) in [5.41, 5.74) is 0.224. The standard InChI is InChI=1S/C14H18N2O4/c1-13(2)12(14(13,3)4)15-10-6-5-8(16(19)20)7-9(10)11(17)18/h5-7,12,15H,1-4H3,(H,17,18). The molecule has 0 spiro atoms. The molecule has 2 rings (SSSR count). The predicted octanol–water partition coefficient (Wildman–Crippen LogP) is 3.14. The van der Waals surface area contributed by atoms with E-state index in [2.05, 4.69) is 33.0 Å². The molecule has 0 aliphatic heterocycles. The van der Waals surface area contributed by atoms with Crippen LogP contribution in [0.3, 0.4) is 0 Å². The van der Waals surface area contributed by atoms with Crippen LogP contribution in [0.1, 0.15) is 38.1 Å². The van der Waals surface area contributed by atoms with Crippen molar-refractivity contribution >= 4 is 17.3 Å². The van der Waals surface area contributed by atoms with Crippen LogP contribution in [0.25, 0.3) is 0 Å². The summed E-state index contributed by atoms with van der Waals surface area (Å²) in [6, 6.07) is 4.01. The summed E-state index contributed by atoms with van der Waals surface area (Å²) >= 11 is 0. The van der Waals surface area contributed by atoms with Gasteiger partial charge >= 0.3 is 5.97 Å². The highest BCUT2D eigenvalue weighted by Gasteiger charge is 2.65. The first kappa shape index (κ1) is 14.3. The summed E-state index contributed by atoms with van der Waals surface area (Å²) in [5, 5.41) is 23.1. The van der Waals surface area contributed by atoms with Crippen molar-refractivity contribution in [1.29, 1.82) is 0 Å². The minimum Gasteiger partial charge on any atom is -0.478 e. The molecule has 1 saturated carbocycles. The largest absolute Gasteiger partial charge is 0.478 e. The molecule has 108 valence electrons. The maximum atomic E-state index is 11.3. The Balaban J connectivity index is 2.34. The molecule has 2 N–H and O–H groups in total. The number of carboxylic acid groups (broad SMARTS) is 1. The van der Waals surface area contributed by atoms with Crippen LogP contribution in [-0.2, 0) is 0 Å². The van der Waals surface area contributed by atoms with E-state index in [9.17, 15) is 20.0 Å². The molecule has 0 atom stereocenters. The molecule has 6 nitrogen and oxygen atoms in total. The van der Waals surface area contributed by atoms with Gasteiger partial charge in [-0.15, -0.1) is 0 Å². The molecule has 1 fully saturated rings. The zero-order chi connectivity index (χ0) is 15.3. The number of nitrogens with one attached hydrogen (secondary N) is 1. The number of non-ortho nitro benzene ring substituents is 1. The van der Waals surface area contributed by atoms with Crippen molar-refractivity contribution in [2.75, 3.05) is 5.32 Å². The van der Waals surface area contributed by atoms with Crippen molar-refractivity contribution in [3.8, 4) is 0 Å². The van der Waals surface area contributed by atoms with Gasteiger partial charge < -0.3 is 10.4 Å². The summed E-state index contributed by atoms with van der Waals surface area (Å²) in [5.74, 6) is -1.17. The van der Waals surface area contributed by atoms with Crippen molar-refractivity contribution in [3.63, 3.8) is 0 Å². The van der Waals surface area contributed by atoms with Crippen LogP contribution < -0.4 is 5.32 Å². The van der Waals surface area contributed by atoms with Crippen LogP contribution in [0.2, 0.25) is 0 Å². The summed E-state index contributed by atoms with van der Waals surface area (Å²) < 4.78 is 0. The van der Waals surface area contributed by atoms with Crippen molar-refractivity contribution in [2.24, 2.45) is 10.8 Å². The molecule has 0 radical (unpaired) electrons. The van der Waals surface area contributed by atoms with Gasteiger partial charge in [0.1, 0.15) is 0 Å². The van der Waals surface area contributed by atoms with Gasteiger partial charge in [0.05, 0.1) is 10.5 Å².